The molecule has 0 saturated carbocycles. The Hall–Kier alpha value is -1.17. The van der Waals surface area contributed by atoms with Gasteiger partial charge >= 0.3 is 6.18 Å². The predicted octanol–water partition coefficient (Wildman–Crippen LogP) is 3.34. The normalized spacial score (nSPS) is 13.6. The van der Waals surface area contributed by atoms with Gasteiger partial charge in [0.2, 0.25) is 0 Å². The van der Waals surface area contributed by atoms with Crippen molar-refractivity contribution >= 4 is 0 Å². The third-order valence-corrected chi connectivity index (χ3v) is 2.90. The Morgan fingerprint density at radius 1 is 1.26 bits per heavy atom. The molecule has 1 aromatic rings. The Morgan fingerprint density at radius 2 is 1.95 bits per heavy atom. The third kappa shape index (κ3) is 5.14. The van der Waals surface area contributed by atoms with Gasteiger partial charge in [-0.3, -0.25) is 0 Å². The molecule has 0 radical (unpaired) electrons. The van der Waals surface area contributed by atoms with E-state index in [9.17, 15) is 13.2 Å². The molecule has 0 fully saturated rings. The molecule has 108 valence electrons. The minimum atomic E-state index is -4.13. The van der Waals surface area contributed by atoms with Gasteiger partial charge in [-0.25, -0.2) is 0 Å². The number of aromatic nitrogens is 2. The van der Waals surface area contributed by atoms with Crippen LogP contribution in [0, 0.1) is 6.92 Å². The average Bonchev–Trinajstić information content (AvgIpc) is 2.33. The van der Waals surface area contributed by atoms with Crippen LogP contribution < -0.4 is 5.32 Å². The van der Waals surface area contributed by atoms with Crippen molar-refractivity contribution in [3.63, 3.8) is 0 Å². The summed E-state index contributed by atoms with van der Waals surface area (Å²) in [5.41, 5.74) is 2.32. The molecule has 1 atom stereocenters. The highest BCUT2D eigenvalue weighted by Crippen LogP contribution is 2.28. The maximum atomic E-state index is 12.4. The highest BCUT2D eigenvalue weighted by Gasteiger charge is 2.29. The van der Waals surface area contributed by atoms with E-state index in [0.29, 0.717) is 13.0 Å². The summed E-state index contributed by atoms with van der Waals surface area (Å²) in [5.74, 6) is 0. The Balaban J connectivity index is 2.94. The quantitative estimate of drug-likeness (QED) is 0.865. The van der Waals surface area contributed by atoms with Crippen molar-refractivity contribution < 1.29 is 13.2 Å². The van der Waals surface area contributed by atoms with Gasteiger partial charge in [0, 0.05) is 12.5 Å². The van der Waals surface area contributed by atoms with Crippen LogP contribution in [0.4, 0.5) is 13.2 Å². The zero-order valence-electron chi connectivity index (χ0n) is 11.5. The second kappa shape index (κ2) is 6.84. The summed E-state index contributed by atoms with van der Waals surface area (Å²) in [5, 5.41) is 11.1. The van der Waals surface area contributed by atoms with Crippen LogP contribution in [-0.4, -0.2) is 22.9 Å². The first-order valence-corrected chi connectivity index (χ1v) is 6.50. The van der Waals surface area contributed by atoms with E-state index in [-0.39, 0.29) is 12.5 Å². The zero-order chi connectivity index (χ0) is 14.5. The number of hydrogen-bond donors (Lipinski definition) is 1. The first kappa shape index (κ1) is 15.9. The molecule has 0 aromatic carbocycles. The smallest absolute Gasteiger partial charge is 0.310 e. The van der Waals surface area contributed by atoms with Crippen molar-refractivity contribution in [3.05, 3.63) is 23.0 Å². The minimum absolute atomic E-state index is 0.0233. The zero-order valence-corrected chi connectivity index (χ0v) is 11.5. The van der Waals surface area contributed by atoms with Crippen molar-refractivity contribution in [3.8, 4) is 0 Å². The molecule has 3 nitrogen and oxygen atoms in total. The van der Waals surface area contributed by atoms with Gasteiger partial charge in [-0.2, -0.15) is 23.4 Å². The molecule has 0 aliphatic rings. The number of nitrogens with one attached hydrogen (secondary N) is 1. The summed E-state index contributed by atoms with van der Waals surface area (Å²) >= 11 is 0. The number of hydrogen-bond acceptors (Lipinski definition) is 3. The maximum Gasteiger partial charge on any atom is 0.389 e. The maximum absolute atomic E-state index is 12.4. The molecule has 1 heterocycles. The Labute approximate surface area is 111 Å². The molecular weight excluding hydrogens is 255 g/mol. The van der Waals surface area contributed by atoms with Crippen LogP contribution in [0.5, 0.6) is 0 Å². The van der Waals surface area contributed by atoms with Crippen LogP contribution in [0.25, 0.3) is 0 Å². The summed E-state index contributed by atoms with van der Waals surface area (Å²) in [6.45, 7) is 6.22. The number of rotatable bonds is 6. The van der Waals surface area contributed by atoms with E-state index in [4.69, 9.17) is 0 Å². The fourth-order valence-corrected chi connectivity index (χ4v) is 2.03. The molecule has 1 aromatic heterocycles. The van der Waals surface area contributed by atoms with Gasteiger partial charge in [-0.15, -0.1) is 0 Å². The summed E-state index contributed by atoms with van der Waals surface area (Å²) in [6, 6.07) is 1.51. The summed E-state index contributed by atoms with van der Waals surface area (Å²) in [6.07, 6.45) is -4.24. The van der Waals surface area contributed by atoms with E-state index >= 15 is 0 Å². The van der Waals surface area contributed by atoms with Gasteiger partial charge in [-0.05, 0) is 37.9 Å². The lowest BCUT2D eigenvalue weighted by molar-refractivity contribution is -0.136. The molecule has 0 aliphatic carbocycles. The first-order chi connectivity index (χ1) is 8.87. The summed E-state index contributed by atoms with van der Waals surface area (Å²) in [4.78, 5) is 0. The van der Waals surface area contributed by atoms with Gasteiger partial charge in [0.15, 0.2) is 0 Å². The second-order valence-corrected chi connectivity index (χ2v) is 4.51. The van der Waals surface area contributed by atoms with E-state index in [0.717, 1.165) is 17.0 Å². The third-order valence-electron chi connectivity index (χ3n) is 2.90. The van der Waals surface area contributed by atoms with Crippen molar-refractivity contribution in [2.75, 3.05) is 6.54 Å². The van der Waals surface area contributed by atoms with Crippen LogP contribution in [0.1, 0.15) is 49.7 Å². The monoisotopic (exact) mass is 275 g/mol. The number of halogens is 3. The molecule has 6 heteroatoms. The standard InChI is InChI=1S/C13H20F3N3/c1-4-11-10(8-9(3)18-19-11)12(17-5-2)6-7-13(14,15)16/h8,12,17H,4-7H2,1-3H3. The molecule has 0 saturated heterocycles. The Bertz CT molecular complexity index is 405. The van der Waals surface area contributed by atoms with Crippen LogP contribution in [-0.2, 0) is 6.42 Å². The Kier molecular flexibility index (Phi) is 5.72. The van der Waals surface area contributed by atoms with Crippen LogP contribution in [0.2, 0.25) is 0 Å². The van der Waals surface area contributed by atoms with Crippen molar-refractivity contribution in [1.29, 1.82) is 0 Å². The SMILES string of the molecule is CCNC(CCC(F)(F)F)c1cc(C)nnc1CC. The lowest BCUT2D eigenvalue weighted by Gasteiger charge is -2.21. The lowest BCUT2D eigenvalue weighted by Crippen LogP contribution is -2.25. The number of aryl methyl sites for hydroxylation is 2. The van der Waals surface area contributed by atoms with E-state index in [2.05, 4.69) is 15.5 Å². The molecule has 1 N–H and O–H groups in total. The molecule has 0 bridgehead atoms. The van der Waals surface area contributed by atoms with Gasteiger partial charge < -0.3 is 5.32 Å². The van der Waals surface area contributed by atoms with Crippen LogP contribution in [0.3, 0.4) is 0 Å². The second-order valence-electron chi connectivity index (χ2n) is 4.51. The van der Waals surface area contributed by atoms with Gasteiger partial charge in [0.1, 0.15) is 0 Å². The highest BCUT2D eigenvalue weighted by atomic mass is 19.4. The predicted molar refractivity (Wildman–Crippen MR) is 67.9 cm³/mol. The number of nitrogens with zero attached hydrogens (tertiary/aromatic N) is 2. The average molecular weight is 275 g/mol. The van der Waals surface area contributed by atoms with Crippen LogP contribution >= 0.6 is 0 Å². The molecule has 0 amide bonds. The molecule has 1 rings (SSSR count). The van der Waals surface area contributed by atoms with Gasteiger partial charge in [-0.1, -0.05) is 13.8 Å². The van der Waals surface area contributed by atoms with E-state index in [1.54, 1.807) is 6.92 Å². The molecule has 19 heavy (non-hydrogen) atoms. The lowest BCUT2D eigenvalue weighted by atomic mass is 9.99. The largest absolute Gasteiger partial charge is 0.389 e. The minimum Gasteiger partial charge on any atom is -0.310 e. The number of alkyl halides is 3. The fourth-order valence-electron chi connectivity index (χ4n) is 2.03. The van der Waals surface area contributed by atoms with E-state index in [1.165, 1.54) is 0 Å². The fraction of sp³-hybridized carbons (Fsp3) is 0.692. The van der Waals surface area contributed by atoms with Gasteiger partial charge in [0.05, 0.1) is 11.4 Å². The molecule has 0 aliphatic heterocycles. The summed E-state index contributed by atoms with van der Waals surface area (Å²) in [7, 11) is 0. The first-order valence-electron chi connectivity index (χ1n) is 6.50. The summed E-state index contributed by atoms with van der Waals surface area (Å²) < 4.78 is 37.1. The molecular formula is C13H20F3N3. The Morgan fingerprint density at radius 3 is 2.47 bits per heavy atom. The van der Waals surface area contributed by atoms with E-state index in [1.807, 2.05) is 19.9 Å². The topological polar surface area (TPSA) is 37.8 Å². The van der Waals surface area contributed by atoms with Crippen molar-refractivity contribution in [2.24, 2.45) is 0 Å². The highest BCUT2D eigenvalue weighted by molar-refractivity contribution is 5.24. The van der Waals surface area contributed by atoms with Crippen molar-refractivity contribution in [2.45, 2.75) is 52.3 Å². The molecule has 0 spiro atoms. The van der Waals surface area contributed by atoms with E-state index < -0.39 is 12.6 Å². The van der Waals surface area contributed by atoms with Crippen molar-refractivity contribution in [1.82, 2.24) is 15.5 Å². The molecule has 1 unspecified atom stereocenters. The van der Waals surface area contributed by atoms with Gasteiger partial charge in [0.25, 0.3) is 0 Å². The van der Waals surface area contributed by atoms with Crippen LogP contribution in [0.15, 0.2) is 6.07 Å².